The van der Waals surface area contributed by atoms with Gasteiger partial charge in [-0.1, -0.05) is 30.0 Å². The minimum Gasteiger partial charge on any atom is -0.348 e. The van der Waals surface area contributed by atoms with Crippen LogP contribution in [0.15, 0.2) is 72.7 Å². The van der Waals surface area contributed by atoms with E-state index >= 15 is 0 Å². The first-order chi connectivity index (χ1) is 16.5. The van der Waals surface area contributed by atoms with Crippen LogP contribution in [0.1, 0.15) is 27.3 Å². The van der Waals surface area contributed by atoms with E-state index in [1.807, 2.05) is 36.6 Å². The van der Waals surface area contributed by atoms with Gasteiger partial charge in [0.25, 0.3) is 0 Å². The van der Waals surface area contributed by atoms with Gasteiger partial charge in [-0.2, -0.15) is 0 Å². The smallest absolute Gasteiger partial charge is 0.192 e. The molecule has 0 saturated carbocycles. The second-order valence-corrected chi connectivity index (χ2v) is 8.91. The summed E-state index contributed by atoms with van der Waals surface area (Å²) in [6, 6.07) is 12.2. The number of hydrogen-bond acceptors (Lipinski definition) is 5. The van der Waals surface area contributed by atoms with Crippen LogP contribution in [0.3, 0.4) is 0 Å². The molecule has 174 valence electrons. The molecule has 0 aliphatic heterocycles. The second kappa shape index (κ2) is 10.6. The fraction of sp³-hybridized carbons (Fsp3) is 0.231. The molecule has 0 saturated heterocycles. The Balaban J connectivity index is 1.46. The summed E-state index contributed by atoms with van der Waals surface area (Å²) in [6.45, 7) is 9.08. The van der Waals surface area contributed by atoms with Gasteiger partial charge in [0, 0.05) is 48.0 Å². The minimum atomic E-state index is -0.237. The van der Waals surface area contributed by atoms with E-state index in [-0.39, 0.29) is 17.4 Å². The average molecular weight is 476 g/mol. The summed E-state index contributed by atoms with van der Waals surface area (Å²) >= 11 is 1.37. The Hall–Kier alpha value is -3.52. The summed E-state index contributed by atoms with van der Waals surface area (Å²) in [7, 11) is 0. The Morgan fingerprint density at radius 3 is 2.53 bits per heavy atom. The van der Waals surface area contributed by atoms with Gasteiger partial charge in [0.1, 0.15) is 5.82 Å². The average Bonchev–Trinajstić information content (AvgIpc) is 3.38. The van der Waals surface area contributed by atoms with Gasteiger partial charge in [-0.05, 0) is 56.2 Å². The zero-order chi connectivity index (χ0) is 24.1. The lowest BCUT2D eigenvalue weighted by atomic mass is 10.1. The Kier molecular flexibility index (Phi) is 7.37. The molecule has 1 aromatic carbocycles. The maximum absolute atomic E-state index is 13.2. The van der Waals surface area contributed by atoms with Crippen LogP contribution in [0.2, 0.25) is 0 Å². The Labute approximate surface area is 202 Å². The normalized spacial score (nSPS) is 11.0. The molecule has 0 amide bonds. The van der Waals surface area contributed by atoms with Crippen LogP contribution in [0.4, 0.5) is 4.39 Å². The summed E-state index contributed by atoms with van der Waals surface area (Å²) in [5, 5.41) is 9.31. The molecule has 0 unspecified atom stereocenters. The number of nitrogens with zero attached hydrogens (tertiary/aromatic N) is 5. The van der Waals surface area contributed by atoms with Crippen molar-refractivity contribution in [2.45, 2.75) is 38.5 Å². The van der Waals surface area contributed by atoms with Crippen LogP contribution in [0, 0.1) is 19.7 Å². The zero-order valence-corrected chi connectivity index (χ0v) is 20.1. The maximum Gasteiger partial charge on any atom is 0.192 e. The minimum absolute atomic E-state index is 0.0461. The molecule has 34 heavy (non-hydrogen) atoms. The van der Waals surface area contributed by atoms with Gasteiger partial charge in [0.05, 0.1) is 5.75 Å². The first-order valence-electron chi connectivity index (χ1n) is 11.0. The molecule has 4 aromatic rings. The van der Waals surface area contributed by atoms with Crippen molar-refractivity contribution in [3.63, 3.8) is 0 Å². The molecule has 0 fully saturated rings. The summed E-state index contributed by atoms with van der Waals surface area (Å²) in [5.41, 5.74) is 4.65. The van der Waals surface area contributed by atoms with E-state index in [1.54, 1.807) is 30.6 Å². The van der Waals surface area contributed by atoms with Crippen molar-refractivity contribution in [3.05, 3.63) is 95.8 Å². The van der Waals surface area contributed by atoms with Crippen LogP contribution in [0.25, 0.3) is 11.4 Å². The number of rotatable bonds is 10. The standard InChI is InChI=1S/C26H26FN5OS/c1-4-14-32-25(21-9-12-28-13-10-21)29-30-26(32)34-17-24(33)23-16-18(2)31(19(23)3)15-11-20-5-7-22(27)8-6-20/h4-10,12-13,16H,1,11,14-15,17H2,2-3H3. The van der Waals surface area contributed by atoms with Gasteiger partial charge in [-0.15, -0.1) is 16.8 Å². The molecule has 4 rings (SSSR count). The van der Waals surface area contributed by atoms with Gasteiger partial charge in [-0.3, -0.25) is 14.3 Å². The lowest BCUT2D eigenvalue weighted by Gasteiger charge is -2.10. The predicted molar refractivity (Wildman–Crippen MR) is 133 cm³/mol. The highest BCUT2D eigenvalue weighted by atomic mass is 32.2. The van der Waals surface area contributed by atoms with Crippen LogP contribution in [0.5, 0.6) is 0 Å². The fourth-order valence-corrected chi connectivity index (χ4v) is 4.76. The molecule has 0 aliphatic carbocycles. The molecule has 8 heteroatoms. The topological polar surface area (TPSA) is 65.6 Å². The molecule has 3 heterocycles. The number of hydrogen-bond donors (Lipinski definition) is 0. The third kappa shape index (κ3) is 5.17. The van der Waals surface area contributed by atoms with Crippen molar-refractivity contribution in [1.29, 1.82) is 0 Å². The third-order valence-corrected chi connectivity index (χ3v) is 6.68. The number of benzene rings is 1. The monoisotopic (exact) mass is 475 g/mol. The van der Waals surface area contributed by atoms with E-state index in [0.29, 0.717) is 17.3 Å². The zero-order valence-electron chi connectivity index (χ0n) is 19.2. The number of halogens is 1. The molecule has 3 aromatic heterocycles. The molecule has 0 N–H and O–H groups in total. The largest absolute Gasteiger partial charge is 0.348 e. The molecular weight excluding hydrogens is 449 g/mol. The van der Waals surface area contributed by atoms with Gasteiger partial charge in [0.15, 0.2) is 16.8 Å². The Morgan fingerprint density at radius 1 is 1.09 bits per heavy atom. The van der Waals surface area contributed by atoms with Gasteiger partial charge in [-0.25, -0.2) is 4.39 Å². The van der Waals surface area contributed by atoms with Crippen molar-refractivity contribution >= 4 is 17.5 Å². The SMILES string of the molecule is C=CCn1c(SCC(=O)c2cc(C)n(CCc3ccc(F)cc3)c2C)nnc1-c1ccncc1. The van der Waals surface area contributed by atoms with E-state index in [9.17, 15) is 9.18 Å². The summed E-state index contributed by atoms with van der Waals surface area (Å²) in [5.74, 6) is 0.786. The highest BCUT2D eigenvalue weighted by Gasteiger charge is 2.19. The van der Waals surface area contributed by atoms with E-state index in [0.717, 1.165) is 41.3 Å². The van der Waals surface area contributed by atoms with E-state index < -0.39 is 0 Å². The fourth-order valence-electron chi connectivity index (χ4n) is 3.93. The first-order valence-corrected chi connectivity index (χ1v) is 12.0. The first kappa shape index (κ1) is 23.6. The molecule has 0 bridgehead atoms. The molecule has 0 atom stereocenters. The number of aryl methyl sites for hydroxylation is 2. The number of ketones is 1. The number of Topliss-reactive ketones (excluding diaryl/α,β-unsaturated/α-hetero) is 1. The van der Waals surface area contributed by atoms with Crippen LogP contribution < -0.4 is 0 Å². The predicted octanol–water partition coefficient (Wildman–Crippen LogP) is 5.30. The maximum atomic E-state index is 13.2. The summed E-state index contributed by atoms with van der Waals surface area (Å²) in [6.07, 6.45) is 5.98. The summed E-state index contributed by atoms with van der Waals surface area (Å²) < 4.78 is 17.3. The Bertz CT molecular complexity index is 1290. The van der Waals surface area contributed by atoms with Crippen LogP contribution >= 0.6 is 11.8 Å². The second-order valence-electron chi connectivity index (χ2n) is 7.97. The summed E-state index contributed by atoms with van der Waals surface area (Å²) in [4.78, 5) is 17.2. The lowest BCUT2D eigenvalue weighted by molar-refractivity contribution is 0.102. The van der Waals surface area contributed by atoms with Crippen molar-refractivity contribution in [2.75, 3.05) is 5.75 Å². The van der Waals surface area contributed by atoms with Gasteiger partial charge < -0.3 is 4.57 Å². The van der Waals surface area contributed by atoms with E-state index in [1.165, 1.54) is 23.9 Å². The quantitative estimate of drug-likeness (QED) is 0.177. The number of pyridine rings is 1. The van der Waals surface area contributed by atoms with Crippen molar-refractivity contribution < 1.29 is 9.18 Å². The molecule has 0 aliphatic rings. The number of thioether (sulfide) groups is 1. The number of aromatic nitrogens is 5. The lowest BCUT2D eigenvalue weighted by Crippen LogP contribution is -2.09. The number of carbonyl (C=O) groups is 1. The molecular formula is C26H26FN5OS. The number of carbonyl (C=O) groups excluding carboxylic acids is 1. The molecule has 6 nitrogen and oxygen atoms in total. The van der Waals surface area contributed by atoms with Crippen LogP contribution in [-0.2, 0) is 19.5 Å². The Morgan fingerprint density at radius 2 is 1.82 bits per heavy atom. The van der Waals surface area contributed by atoms with Crippen molar-refractivity contribution in [2.24, 2.45) is 0 Å². The molecule has 0 spiro atoms. The van der Waals surface area contributed by atoms with Gasteiger partial charge >= 0.3 is 0 Å². The van der Waals surface area contributed by atoms with Crippen molar-refractivity contribution in [1.82, 2.24) is 24.3 Å². The van der Waals surface area contributed by atoms with E-state index in [4.69, 9.17) is 0 Å². The third-order valence-electron chi connectivity index (χ3n) is 5.71. The van der Waals surface area contributed by atoms with Gasteiger partial charge in [0.2, 0.25) is 0 Å². The number of allylic oxidation sites excluding steroid dienone is 1. The highest BCUT2D eigenvalue weighted by molar-refractivity contribution is 7.99. The highest BCUT2D eigenvalue weighted by Crippen LogP contribution is 2.25. The molecule has 0 radical (unpaired) electrons. The van der Waals surface area contributed by atoms with E-state index in [2.05, 4.69) is 26.3 Å². The van der Waals surface area contributed by atoms with Crippen LogP contribution in [-0.4, -0.2) is 35.9 Å². The van der Waals surface area contributed by atoms with Crippen molar-refractivity contribution in [3.8, 4) is 11.4 Å².